The van der Waals surface area contributed by atoms with Gasteiger partial charge in [0.15, 0.2) is 0 Å². The Bertz CT molecular complexity index is 600. The average molecular weight is 307 g/mol. The van der Waals surface area contributed by atoms with E-state index in [2.05, 4.69) is 47.4 Å². The minimum atomic E-state index is 0.269. The van der Waals surface area contributed by atoms with Gasteiger partial charge in [-0.3, -0.25) is 9.69 Å². The summed E-state index contributed by atoms with van der Waals surface area (Å²) in [6.07, 6.45) is 3.60. The lowest BCUT2D eigenvalue weighted by atomic mass is 9.89. The first kappa shape index (κ1) is 15.9. The zero-order chi connectivity index (χ0) is 15.9. The molecule has 0 saturated carbocycles. The Morgan fingerprint density at radius 1 is 0.870 bits per heavy atom. The number of carbonyl (C=O) groups is 1. The predicted octanol–water partition coefficient (Wildman–Crippen LogP) is 4.10. The van der Waals surface area contributed by atoms with Crippen LogP contribution in [-0.2, 0) is 17.8 Å². The maximum atomic E-state index is 12.4. The van der Waals surface area contributed by atoms with Crippen LogP contribution < -0.4 is 0 Å². The number of hydrogen-bond acceptors (Lipinski definition) is 2. The van der Waals surface area contributed by atoms with E-state index < -0.39 is 0 Å². The highest BCUT2D eigenvalue weighted by atomic mass is 16.1. The summed E-state index contributed by atoms with van der Waals surface area (Å²) in [5.74, 6) is 0.721. The summed E-state index contributed by atoms with van der Waals surface area (Å²) in [5.41, 5.74) is 2.63. The molecule has 120 valence electrons. The fraction of sp³-hybridized carbons (Fsp3) is 0.381. The van der Waals surface area contributed by atoms with Crippen molar-refractivity contribution in [3.05, 3.63) is 71.8 Å². The summed E-state index contributed by atoms with van der Waals surface area (Å²) in [4.78, 5) is 14.9. The van der Waals surface area contributed by atoms with Gasteiger partial charge < -0.3 is 0 Å². The number of ketones is 1. The summed E-state index contributed by atoms with van der Waals surface area (Å²) < 4.78 is 0. The number of rotatable bonds is 6. The highest BCUT2D eigenvalue weighted by molar-refractivity contribution is 5.81. The number of likely N-dealkylation sites (tertiary alicyclic amines) is 1. The molecule has 0 spiro atoms. The quantitative estimate of drug-likeness (QED) is 0.801. The second-order valence-corrected chi connectivity index (χ2v) is 6.49. The second-order valence-electron chi connectivity index (χ2n) is 6.49. The predicted molar refractivity (Wildman–Crippen MR) is 94.2 cm³/mol. The maximum Gasteiger partial charge on any atom is 0.136 e. The molecule has 3 rings (SSSR count). The third-order valence-electron chi connectivity index (χ3n) is 4.79. The van der Waals surface area contributed by atoms with E-state index in [9.17, 15) is 4.79 Å². The standard InChI is InChI=1S/C21H25NO/c23-21(12-11-18-7-3-1-4-8-18)20-13-15-22(16-14-20)17-19-9-5-2-6-10-19/h1-10,20H,11-17H2. The van der Waals surface area contributed by atoms with E-state index in [1.54, 1.807) is 0 Å². The molecular weight excluding hydrogens is 282 g/mol. The summed E-state index contributed by atoms with van der Waals surface area (Å²) in [5, 5.41) is 0. The molecule has 2 nitrogen and oxygen atoms in total. The molecular formula is C21H25NO. The molecule has 1 saturated heterocycles. The largest absolute Gasteiger partial charge is 0.299 e. The molecule has 0 unspecified atom stereocenters. The molecule has 2 aromatic carbocycles. The monoisotopic (exact) mass is 307 g/mol. The van der Waals surface area contributed by atoms with Gasteiger partial charge in [0.05, 0.1) is 0 Å². The number of hydrogen-bond donors (Lipinski definition) is 0. The van der Waals surface area contributed by atoms with Gasteiger partial charge in [0.25, 0.3) is 0 Å². The number of Topliss-reactive ketones (excluding diaryl/α,β-unsaturated/α-hetero) is 1. The van der Waals surface area contributed by atoms with Crippen LogP contribution in [0.3, 0.4) is 0 Å². The SMILES string of the molecule is O=C(CCc1ccccc1)C1CCN(Cc2ccccc2)CC1. The first-order chi connectivity index (χ1) is 11.3. The van der Waals surface area contributed by atoms with Crippen LogP contribution in [0.1, 0.15) is 30.4 Å². The number of carbonyl (C=O) groups excluding carboxylic acids is 1. The van der Waals surface area contributed by atoms with Crippen molar-refractivity contribution in [2.45, 2.75) is 32.2 Å². The third-order valence-corrected chi connectivity index (χ3v) is 4.79. The minimum Gasteiger partial charge on any atom is -0.299 e. The summed E-state index contributed by atoms with van der Waals surface area (Å²) >= 11 is 0. The highest BCUT2D eigenvalue weighted by Gasteiger charge is 2.24. The van der Waals surface area contributed by atoms with Gasteiger partial charge in [0.2, 0.25) is 0 Å². The van der Waals surface area contributed by atoms with Crippen molar-refractivity contribution in [2.75, 3.05) is 13.1 Å². The van der Waals surface area contributed by atoms with Gasteiger partial charge in [0.1, 0.15) is 5.78 Å². The van der Waals surface area contributed by atoms with Crippen LogP contribution >= 0.6 is 0 Å². The van der Waals surface area contributed by atoms with Gasteiger partial charge in [-0.05, 0) is 43.5 Å². The van der Waals surface area contributed by atoms with Crippen molar-refractivity contribution in [3.63, 3.8) is 0 Å². The summed E-state index contributed by atoms with van der Waals surface area (Å²) in [6, 6.07) is 20.9. The van der Waals surface area contributed by atoms with Gasteiger partial charge in [-0.2, -0.15) is 0 Å². The molecule has 1 fully saturated rings. The first-order valence-electron chi connectivity index (χ1n) is 8.64. The number of aryl methyl sites for hydroxylation is 1. The Morgan fingerprint density at radius 3 is 2.04 bits per heavy atom. The van der Waals surface area contributed by atoms with Crippen LogP contribution in [0.25, 0.3) is 0 Å². The number of benzene rings is 2. The lowest BCUT2D eigenvalue weighted by Gasteiger charge is -2.31. The highest BCUT2D eigenvalue weighted by Crippen LogP contribution is 2.21. The average Bonchev–Trinajstić information content (AvgIpc) is 2.62. The fourth-order valence-electron chi connectivity index (χ4n) is 3.37. The summed E-state index contributed by atoms with van der Waals surface area (Å²) in [7, 11) is 0. The zero-order valence-electron chi connectivity index (χ0n) is 13.7. The smallest absolute Gasteiger partial charge is 0.136 e. The van der Waals surface area contributed by atoms with Gasteiger partial charge in [0, 0.05) is 18.9 Å². The molecule has 0 bridgehead atoms. The normalized spacial score (nSPS) is 16.3. The molecule has 1 heterocycles. The molecule has 1 aliphatic heterocycles. The van der Waals surface area contributed by atoms with Crippen LogP contribution in [0.5, 0.6) is 0 Å². The van der Waals surface area contributed by atoms with Crippen molar-refractivity contribution in [1.29, 1.82) is 0 Å². The minimum absolute atomic E-state index is 0.269. The van der Waals surface area contributed by atoms with E-state index in [1.165, 1.54) is 11.1 Å². The van der Waals surface area contributed by atoms with Crippen molar-refractivity contribution >= 4 is 5.78 Å². The molecule has 2 heteroatoms. The maximum absolute atomic E-state index is 12.4. The molecule has 23 heavy (non-hydrogen) atoms. The fourth-order valence-corrected chi connectivity index (χ4v) is 3.37. The van der Waals surface area contributed by atoms with Crippen LogP contribution in [0.4, 0.5) is 0 Å². The van der Waals surface area contributed by atoms with Crippen molar-refractivity contribution in [3.8, 4) is 0 Å². The Balaban J connectivity index is 1.42. The Morgan fingerprint density at radius 2 is 1.43 bits per heavy atom. The molecule has 1 aliphatic rings. The second kappa shape index (κ2) is 8.07. The number of piperidine rings is 1. The van der Waals surface area contributed by atoms with Crippen molar-refractivity contribution < 1.29 is 4.79 Å². The van der Waals surface area contributed by atoms with E-state index in [1.807, 2.05) is 18.2 Å². The Hall–Kier alpha value is -1.93. The van der Waals surface area contributed by atoms with Gasteiger partial charge in [-0.1, -0.05) is 60.7 Å². The van der Waals surface area contributed by atoms with Gasteiger partial charge >= 0.3 is 0 Å². The van der Waals surface area contributed by atoms with Gasteiger partial charge in [-0.15, -0.1) is 0 Å². The number of nitrogens with zero attached hydrogens (tertiary/aromatic N) is 1. The molecule has 0 N–H and O–H groups in total. The van der Waals surface area contributed by atoms with E-state index in [0.29, 0.717) is 12.2 Å². The molecule has 0 radical (unpaired) electrons. The van der Waals surface area contributed by atoms with Crippen LogP contribution in [-0.4, -0.2) is 23.8 Å². The third kappa shape index (κ3) is 4.77. The Kier molecular flexibility index (Phi) is 5.60. The molecule has 0 atom stereocenters. The van der Waals surface area contributed by atoms with E-state index in [4.69, 9.17) is 0 Å². The lowest BCUT2D eigenvalue weighted by molar-refractivity contribution is -0.124. The van der Waals surface area contributed by atoms with E-state index in [0.717, 1.165) is 38.9 Å². The van der Waals surface area contributed by atoms with E-state index in [-0.39, 0.29) is 5.92 Å². The van der Waals surface area contributed by atoms with Crippen LogP contribution in [0.15, 0.2) is 60.7 Å². The van der Waals surface area contributed by atoms with Gasteiger partial charge in [-0.25, -0.2) is 0 Å². The Labute approximate surface area is 139 Å². The zero-order valence-corrected chi connectivity index (χ0v) is 13.7. The van der Waals surface area contributed by atoms with E-state index >= 15 is 0 Å². The first-order valence-corrected chi connectivity index (χ1v) is 8.64. The molecule has 2 aromatic rings. The molecule has 0 aromatic heterocycles. The molecule has 0 amide bonds. The van der Waals surface area contributed by atoms with Crippen LogP contribution in [0.2, 0.25) is 0 Å². The topological polar surface area (TPSA) is 20.3 Å². The van der Waals surface area contributed by atoms with Crippen molar-refractivity contribution in [2.24, 2.45) is 5.92 Å². The van der Waals surface area contributed by atoms with Crippen LogP contribution in [0, 0.1) is 5.92 Å². The lowest BCUT2D eigenvalue weighted by Crippen LogP contribution is -2.36. The molecule has 0 aliphatic carbocycles. The van der Waals surface area contributed by atoms with Crippen molar-refractivity contribution in [1.82, 2.24) is 4.90 Å². The summed E-state index contributed by atoms with van der Waals surface area (Å²) in [6.45, 7) is 3.08.